The summed E-state index contributed by atoms with van der Waals surface area (Å²) in [6.45, 7) is 0.957. The van der Waals surface area contributed by atoms with Gasteiger partial charge in [-0.05, 0) is 36.6 Å². The highest BCUT2D eigenvalue weighted by molar-refractivity contribution is 6.07. The van der Waals surface area contributed by atoms with Gasteiger partial charge in [0.2, 0.25) is 0 Å². The van der Waals surface area contributed by atoms with Gasteiger partial charge in [-0.25, -0.2) is 4.79 Å². The van der Waals surface area contributed by atoms with Gasteiger partial charge in [-0.2, -0.15) is 5.26 Å². The molecule has 7 nitrogen and oxygen atoms in total. The Bertz CT molecular complexity index is 1000. The molecule has 0 unspecified atom stereocenters. The zero-order chi connectivity index (χ0) is 20.4. The van der Waals surface area contributed by atoms with Gasteiger partial charge in [-0.1, -0.05) is 36.4 Å². The summed E-state index contributed by atoms with van der Waals surface area (Å²) in [5.41, 5.74) is 0.821. The first-order valence-corrected chi connectivity index (χ1v) is 9.50. The van der Waals surface area contributed by atoms with E-state index >= 15 is 0 Å². The molecule has 2 aliphatic rings. The number of piperidine rings is 1. The molecule has 2 heterocycles. The minimum atomic E-state index is -0.947. The molecule has 0 aromatic heterocycles. The van der Waals surface area contributed by atoms with Crippen molar-refractivity contribution in [3.8, 4) is 6.07 Å². The highest BCUT2D eigenvalue weighted by Gasteiger charge is 2.52. The van der Waals surface area contributed by atoms with Gasteiger partial charge in [0.15, 0.2) is 0 Å². The SMILES string of the molecule is N#Cc1cccc(C(=O)N2CCC3(CC2)NC(=O)N(Cc2ccccc2)C3=O)c1. The summed E-state index contributed by atoms with van der Waals surface area (Å²) >= 11 is 0. The number of nitrogens with zero attached hydrogens (tertiary/aromatic N) is 3. The molecule has 4 amide bonds. The van der Waals surface area contributed by atoms with E-state index in [1.54, 1.807) is 29.2 Å². The van der Waals surface area contributed by atoms with E-state index in [2.05, 4.69) is 5.32 Å². The lowest BCUT2D eigenvalue weighted by molar-refractivity contribution is -0.133. The molecule has 146 valence electrons. The number of imide groups is 1. The normalized spacial score (nSPS) is 17.9. The fourth-order valence-electron chi connectivity index (χ4n) is 3.92. The van der Waals surface area contributed by atoms with Crippen molar-refractivity contribution in [3.63, 3.8) is 0 Å². The Hall–Kier alpha value is -3.66. The Balaban J connectivity index is 1.44. The topological polar surface area (TPSA) is 93.5 Å². The summed E-state index contributed by atoms with van der Waals surface area (Å²) in [7, 11) is 0. The Kier molecular flexibility index (Phi) is 4.77. The first-order chi connectivity index (χ1) is 14.0. The third-order valence-corrected chi connectivity index (χ3v) is 5.57. The van der Waals surface area contributed by atoms with Crippen LogP contribution in [0.5, 0.6) is 0 Å². The molecule has 2 aliphatic heterocycles. The van der Waals surface area contributed by atoms with Crippen LogP contribution in [-0.2, 0) is 11.3 Å². The van der Waals surface area contributed by atoms with Crippen LogP contribution >= 0.6 is 0 Å². The van der Waals surface area contributed by atoms with E-state index in [0.717, 1.165) is 5.56 Å². The number of carbonyl (C=O) groups excluding carboxylic acids is 3. The lowest BCUT2D eigenvalue weighted by Gasteiger charge is -2.37. The number of amides is 4. The molecule has 1 N–H and O–H groups in total. The second-order valence-electron chi connectivity index (χ2n) is 7.37. The van der Waals surface area contributed by atoms with Gasteiger partial charge in [-0.3, -0.25) is 14.5 Å². The van der Waals surface area contributed by atoms with Gasteiger partial charge in [0.25, 0.3) is 11.8 Å². The number of nitriles is 1. The lowest BCUT2D eigenvalue weighted by Crippen LogP contribution is -2.55. The Morgan fingerprint density at radius 3 is 2.48 bits per heavy atom. The maximum absolute atomic E-state index is 13.0. The smallest absolute Gasteiger partial charge is 0.325 e. The van der Waals surface area contributed by atoms with Crippen LogP contribution in [0.4, 0.5) is 4.79 Å². The second kappa shape index (κ2) is 7.40. The lowest BCUT2D eigenvalue weighted by atomic mass is 9.87. The maximum Gasteiger partial charge on any atom is 0.325 e. The first kappa shape index (κ1) is 18.7. The summed E-state index contributed by atoms with van der Waals surface area (Å²) < 4.78 is 0. The summed E-state index contributed by atoms with van der Waals surface area (Å²) in [5, 5.41) is 11.9. The Morgan fingerprint density at radius 1 is 1.07 bits per heavy atom. The third kappa shape index (κ3) is 3.45. The predicted octanol–water partition coefficient (Wildman–Crippen LogP) is 2.29. The van der Waals surface area contributed by atoms with Crippen LogP contribution in [0.2, 0.25) is 0 Å². The van der Waals surface area contributed by atoms with Gasteiger partial charge in [0.1, 0.15) is 5.54 Å². The van der Waals surface area contributed by atoms with Crippen LogP contribution < -0.4 is 5.32 Å². The third-order valence-electron chi connectivity index (χ3n) is 5.57. The summed E-state index contributed by atoms with van der Waals surface area (Å²) in [4.78, 5) is 41.2. The fraction of sp³-hybridized carbons (Fsp3) is 0.273. The molecule has 0 radical (unpaired) electrons. The fourth-order valence-corrected chi connectivity index (χ4v) is 3.92. The summed E-state index contributed by atoms with van der Waals surface area (Å²) in [6.07, 6.45) is 0.735. The van der Waals surface area contributed by atoms with Crippen LogP contribution in [0, 0.1) is 11.3 Å². The van der Waals surface area contributed by atoms with Gasteiger partial charge in [0, 0.05) is 18.7 Å². The molecule has 0 saturated carbocycles. The number of urea groups is 1. The largest absolute Gasteiger partial charge is 0.338 e. The first-order valence-electron chi connectivity index (χ1n) is 9.50. The van der Waals surface area contributed by atoms with Crippen molar-refractivity contribution in [2.24, 2.45) is 0 Å². The number of likely N-dealkylation sites (tertiary alicyclic amines) is 1. The number of benzene rings is 2. The molecule has 7 heteroatoms. The molecule has 2 aromatic rings. The van der Waals surface area contributed by atoms with Crippen molar-refractivity contribution < 1.29 is 14.4 Å². The monoisotopic (exact) mass is 388 g/mol. The van der Waals surface area contributed by atoms with E-state index in [1.807, 2.05) is 36.4 Å². The number of hydrogen-bond acceptors (Lipinski definition) is 4. The molecular formula is C22H20N4O3. The zero-order valence-electron chi connectivity index (χ0n) is 15.8. The van der Waals surface area contributed by atoms with Crippen molar-refractivity contribution >= 4 is 17.8 Å². The van der Waals surface area contributed by atoms with Crippen LogP contribution in [0.1, 0.15) is 34.3 Å². The van der Waals surface area contributed by atoms with E-state index in [-0.39, 0.29) is 24.4 Å². The number of carbonyl (C=O) groups is 3. The minimum Gasteiger partial charge on any atom is -0.338 e. The number of nitrogens with one attached hydrogen (secondary N) is 1. The van der Waals surface area contributed by atoms with Crippen molar-refractivity contribution in [2.45, 2.75) is 24.9 Å². The predicted molar refractivity (Wildman–Crippen MR) is 105 cm³/mol. The zero-order valence-corrected chi connectivity index (χ0v) is 15.8. The molecule has 0 atom stereocenters. The van der Waals surface area contributed by atoms with Crippen molar-refractivity contribution in [3.05, 3.63) is 71.3 Å². The van der Waals surface area contributed by atoms with Gasteiger partial charge in [-0.15, -0.1) is 0 Å². The summed E-state index contributed by atoms with van der Waals surface area (Å²) in [5.74, 6) is -0.403. The summed E-state index contributed by atoms with van der Waals surface area (Å²) in [6, 6.07) is 17.6. The van der Waals surface area contributed by atoms with E-state index < -0.39 is 5.54 Å². The van der Waals surface area contributed by atoms with Crippen LogP contribution in [-0.4, -0.2) is 46.3 Å². The van der Waals surface area contributed by atoms with E-state index in [4.69, 9.17) is 5.26 Å². The van der Waals surface area contributed by atoms with Crippen LogP contribution in [0.3, 0.4) is 0 Å². The van der Waals surface area contributed by atoms with Crippen molar-refractivity contribution in [1.29, 1.82) is 5.26 Å². The average Bonchev–Trinajstić information content (AvgIpc) is 2.98. The highest BCUT2D eigenvalue weighted by Crippen LogP contribution is 2.31. The van der Waals surface area contributed by atoms with Gasteiger partial charge >= 0.3 is 6.03 Å². The second-order valence-corrected chi connectivity index (χ2v) is 7.37. The van der Waals surface area contributed by atoms with Crippen LogP contribution in [0.15, 0.2) is 54.6 Å². The number of hydrogen-bond donors (Lipinski definition) is 1. The molecule has 2 fully saturated rings. The molecule has 0 bridgehead atoms. The van der Waals surface area contributed by atoms with Crippen molar-refractivity contribution in [2.75, 3.05) is 13.1 Å². The molecule has 2 saturated heterocycles. The molecule has 4 rings (SSSR count). The molecule has 2 aromatic carbocycles. The average molecular weight is 388 g/mol. The van der Waals surface area contributed by atoms with E-state index in [9.17, 15) is 14.4 Å². The highest BCUT2D eigenvalue weighted by atomic mass is 16.2. The molecule has 29 heavy (non-hydrogen) atoms. The van der Waals surface area contributed by atoms with Crippen molar-refractivity contribution in [1.82, 2.24) is 15.1 Å². The Labute approximate surface area is 168 Å². The maximum atomic E-state index is 13.0. The van der Waals surface area contributed by atoms with Crippen LogP contribution in [0.25, 0.3) is 0 Å². The molecule has 0 aliphatic carbocycles. The number of rotatable bonds is 3. The Morgan fingerprint density at radius 2 is 1.79 bits per heavy atom. The molecule has 1 spiro atoms. The standard InChI is InChI=1S/C22H20N4O3/c23-14-17-7-4-8-18(13-17)19(27)25-11-9-22(10-12-25)20(28)26(21(29)24-22)15-16-5-2-1-3-6-16/h1-8,13H,9-12,15H2,(H,24,29). The van der Waals surface area contributed by atoms with Gasteiger partial charge < -0.3 is 10.2 Å². The minimum absolute atomic E-state index is 0.171. The molecular weight excluding hydrogens is 368 g/mol. The van der Waals surface area contributed by atoms with Gasteiger partial charge in [0.05, 0.1) is 18.2 Å². The van der Waals surface area contributed by atoms with E-state index in [1.165, 1.54) is 4.90 Å². The van der Waals surface area contributed by atoms with E-state index in [0.29, 0.717) is 37.1 Å². The quantitative estimate of drug-likeness (QED) is 0.817.